The molecule has 0 aromatic carbocycles. The highest BCUT2D eigenvalue weighted by atomic mass is 32.2. The summed E-state index contributed by atoms with van der Waals surface area (Å²) in [4.78, 5) is 11.5. The van der Waals surface area contributed by atoms with Crippen LogP contribution in [0.25, 0.3) is 0 Å². The van der Waals surface area contributed by atoms with Gasteiger partial charge < -0.3 is 14.6 Å². The van der Waals surface area contributed by atoms with E-state index < -0.39 is 28.1 Å². The zero-order chi connectivity index (χ0) is 22.3. The lowest BCUT2D eigenvalue weighted by atomic mass is 9.94. The maximum atomic E-state index is 11.5. The normalized spacial score (nSPS) is 21.0. The number of rotatable bonds is 12. The third kappa shape index (κ3) is 7.56. The molecule has 0 aliphatic heterocycles. The summed E-state index contributed by atoms with van der Waals surface area (Å²) in [5.74, 6) is 1.06. The maximum absolute atomic E-state index is 11.5. The van der Waals surface area contributed by atoms with Gasteiger partial charge in [0.25, 0.3) is 0 Å². The van der Waals surface area contributed by atoms with Crippen LogP contribution in [0.1, 0.15) is 75.4 Å². The molecule has 1 aromatic heterocycles. The molecule has 1 aliphatic rings. The van der Waals surface area contributed by atoms with Crippen molar-refractivity contribution in [3.63, 3.8) is 0 Å². The number of hydrogen-bond acceptors (Lipinski definition) is 6. The van der Waals surface area contributed by atoms with Gasteiger partial charge in [-0.2, -0.15) is 0 Å². The van der Waals surface area contributed by atoms with Crippen molar-refractivity contribution in [2.75, 3.05) is 6.26 Å². The topological polar surface area (TPSA) is 117 Å². The molecule has 7 nitrogen and oxygen atoms in total. The molecule has 0 spiro atoms. The number of furan rings is 1. The first-order valence-corrected chi connectivity index (χ1v) is 12.7. The lowest BCUT2D eigenvalue weighted by Crippen LogP contribution is -2.28. The molecule has 30 heavy (non-hydrogen) atoms. The van der Waals surface area contributed by atoms with Gasteiger partial charge >= 0.3 is 0 Å². The van der Waals surface area contributed by atoms with Gasteiger partial charge in [0.15, 0.2) is 0 Å². The van der Waals surface area contributed by atoms with Crippen molar-refractivity contribution in [3.05, 3.63) is 35.3 Å². The van der Waals surface area contributed by atoms with Crippen LogP contribution in [-0.2, 0) is 27.7 Å². The Morgan fingerprint density at radius 2 is 2.10 bits per heavy atom. The zero-order valence-corrected chi connectivity index (χ0v) is 19.0. The highest BCUT2D eigenvalue weighted by Crippen LogP contribution is 2.37. The van der Waals surface area contributed by atoms with Crippen molar-refractivity contribution in [2.45, 2.75) is 83.3 Å². The molecule has 2 rings (SSSR count). The van der Waals surface area contributed by atoms with Gasteiger partial charge in [-0.05, 0) is 31.2 Å². The third-order valence-corrected chi connectivity index (χ3v) is 6.15. The molecule has 0 bridgehead atoms. The summed E-state index contributed by atoms with van der Waals surface area (Å²) in [5, 5.41) is 20.7. The zero-order valence-electron chi connectivity index (χ0n) is 18.1. The van der Waals surface area contributed by atoms with Gasteiger partial charge in [-0.3, -0.25) is 9.52 Å². The smallest absolute Gasteiger partial charge is 0.233 e. The SMILES string of the molecule is CCCC[C@H](C)[C@H](O)C=C[C@@H]1c2cc(CCCCC(=O)NS(C)(=O)=O)oc2C[C@H]1O. The van der Waals surface area contributed by atoms with Crippen LogP contribution in [-0.4, -0.2) is 43.0 Å². The van der Waals surface area contributed by atoms with Crippen LogP contribution >= 0.6 is 0 Å². The summed E-state index contributed by atoms with van der Waals surface area (Å²) >= 11 is 0. The molecule has 0 saturated heterocycles. The molecule has 8 heteroatoms. The predicted molar refractivity (Wildman–Crippen MR) is 116 cm³/mol. The number of nitrogens with one attached hydrogen (secondary N) is 1. The molecule has 1 aromatic rings. The van der Waals surface area contributed by atoms with E-state index in [0.717, 1.165) is 42.6 Å². The van der Waals surface area contributed by atoms with Crippen LogP contribution < -0.4 is 4.72 Å². The number of sulfonamides is 1. The summed E-state index contributed by atoms with van der Waals surface area (Å²) in [6.07, 6.45) is 9.19. The molecule has 0 saturated carbocycles. The Morgan fingerprint density at radius 1 is 1.37 bits per heavy atom. The van der Waals surface area contributed by atoms with Gasteiger partial charge in [0.1, 0.15) is 11.5 Å². The van der Waals surface area contributed by atoms with Crippen molar-refractivity contribution in [1.82, 2.24) is 4.72 Å². The lowest BCUT2D eigenvalue weighted by molar-refractivity contribution is -0.119. The van der Waals surface area contributed by atoms with E-state index in [1.54, 1.807) is 6.08 Å². The number of aliphatic hydroxyl groups is 2. The van der Waals surface area contributed by atoms with Crippen molar-refractivity contribution in [2.24, 2.45) is 5.92 Å². The fourth-order valence-electron chi connectivity index (χ4n) is 3.78. The van der Waals surface area contributed by atoms with E-state index in [-0.39, 0.29) is 18.3 Å². The number of amides is 1. The lowest BCUT2D eigenvalue weighted by Gasteiger charge is -2.16. The summed E-state index contributed by atoms with van der Waals surface area (Å²) in [6.45, 7) is 4.17. The van der Waals surface area contributed by atoms with Crippen molar-refractivity contribution in [1.29, 1.82) is 0 Å². The Balaban J connectivity index is 1.87. The molecule has 1 heterocycles. The molecule has 1 amide bonds. The van der Waals surface area contributed by atoms with E-state index >= 15 is 0 Å². The number of unbranched alkanes of at least 4 members (excludes halogenated alkanes) is 2. The highest BCUT2D eigenvalue weighted by Gasteiger charge is 2.33. The second-order valence-electron chi connectivity index (χ2n) is 8.39. The van der Waals surface area contributed by atoms with Crippen molar-refractivity contribution >= 4 is 15.9 Å². The largest absolute Gasteiger partial charge is 0.466 e. The quantitative estimate of drug-likeness (QED) is 0.339. The van der Waals surface area contributed by atoms with E-state index in [9.17, 15) is 23.4 Å². The molecule has 1 aliphatic carbocycles. The van der Waals surface area contributed by atoms with Gasteiger partial charge in [0.05, 0.1) is 18.5 Å². The average molecular weight is 442 g/mol. The Morgan fingerprint density at radius 3 is 2.77 bits per heavy atom. The van der Waals surface area contributed by atoms with Crippen LogP contribution in [0.5, 0.6) is 0 Å². The fourth-order valence-corrected chi connectivity index (χ4v) is 4.30. The van der Waals surface area contributed by atoms with Crippen molar-refractivity contribution in [3.8, 4) is 0 Å². The first kappa shape index (κ1) is 24.6. The third-order valence-electron chi connectivity index (χ3n) is 5.55. The second kappa shape index (κ2) is 11.1. The van der Waals surface area contributed by atoms with Crippen LogP contribution in [0.2, 0.25) is 0 Å². The molecular formula is C22H35NO6S. The van der Waals surface area contributed by atoms with E-state index in [1.165, 1.54) is 0 Å². The summed E-state index contributed by atoms with van der Waals surface area (Å²) in [5.41, 5.74) is 0.956. The first-order chi connectivity index (χ1) is 14.1. The molecule has 0 radical (unpaired) electrons. The first-order valence-electron chi connectivity index (χ1n) is 10.8. The van der Waals surface area contributed by atoms with E-state index in [2.05, 4.69) is 6.92 Å². The van der Waals surface area contributed by atoms with Gasteiger partial charge in [-0.15, -0.1) is 0 Å². The van der Waals surface area contributed by atoms with Crippen LogP contribution in [0.4, 0.5) is 0 Å². The standard InChI is InChI=1S/C22H35NO6S/c1-4-5-8-15(2)19(24)12-11-17-18-13-16(29-21(18)14-20(17)25)9-6-7-10-22(26)23-30(3,27)28/h11-13,15,17,19-20,24-25H,4-10,14H2,1-3H3,(H,23,26)/t15-,17+,19+,20+/m0/s1. The Hall–Kier alpha value is -1.64. The van der Waals surface area contributed by atoms with Crippen LogP contribution in [0.15, 0.2) is 22.6 Å². The minimum absolute atomic E-state index is 0.145. The summed E-state index contributed by atoms with van der Waals surface area (Å²) in [7, 11) is -3.51. The number of aliphatic hydroxyl groups excluding tert-OH is 2. The number of hydrogen-bond donors (Lipinski definition) is 3. The maximum Gasteiger partial charge on any atom is 0.233 e. The summed E-state index contributed by atoms with van der Waals surface area (Å²) < 4.78 is 29.9. The van der Waals surface area contributed by atoms with E-state index in [0.29, 0.717) is 25.7 Å². The second-order valence-corrected chi connectivity index (χ2v) is 10.1. The minimum Gasteiger partial charge on any atom is -0.466 e. The number of carbonyl (C=O) groups excluding carboxylic acids is 1. The highest BCUT2D eigenvalue weighted by molar-refractivity contribution is 7.89. The van der Waals surface area contributed by atoms with E-state index in [1.807, 2.05) is 23.8 Å². The number of fused-ring (bicyclic) bond motifs is 1. The predicted octanol–water partition coefficient (Wildman–Crippen LogP) is 2.81. The molecule has 4 atom stereocenters. The van der Waals surface area contributed by atoms with Gasteiger partial charge in [-0.25, -0.2) is 8.42 Å². The van der Waals surface area contributed by atoms with E-state index in [4.69, 9.17) is 4.42 Å². The van der Waals surface area contributed by atoms with Gasteiger partial charge in [0, 0.05) is 30.7 Å². The molecule has 0 fully saturated rings. The van der Waals surface area contributed by atoms with Crippen LogP contribution in [0, 0.1) is 5.92 Å². The van der Waals surface area contributed by atoms with Gasteiger partial charge in [-0.1, -0.05) is 38.8 Å². The molecular weight excluding hydrogens is 406 g/mol. The average Bonchev–Trinajstić information content (AvgIpc) is 3.16. The Kier molecular flexibility index (Phi) is 9.12. The molecule has 0 unspecified atom stereocenters. The minimum atomic E-state index is -3.51. The van der Waals surface area contributed by atoms with Crippen molar-refractivity contribution < 1.29 is 27.8 Å². The Bertz CT molecular complexity index is 829. The summed E-state index contributed by atoms with van der Waals surface area (Å²) in [6, 6.07) is 1.95. The monoisotopic (exact) mass is 441 g/mol. The number of aryl methyl sites for hydroxylation is 1. The Labute approximate surface area is 179 Å². The molecule has 3 N–H and O–H groups in total. The number of carbonyl (C=O) groups is 1. The fraction of sp³-hybridized carbons (Fsp3) is 0.682. The molecule has 170 valence electrons. The van der Waals surface area contributed by atoms with Gasteiger partial charge in [0.2, 0.25) is 15.9 Å². The van der Waals surface area contributed by atoms with Crippen LogP contribution in [0.3, 0.4) is 0 Å².